The fourth-order valence-electron chi connectivity index (χ4n) is 12.2. The molecule has 444 valence electrons. The summed E-state index contributed by atoms with van der Waals surface area (Å²) in [6.45, 7) is 2.31. The lowest BCUT2D eigenvalue weighted by Crippen LogP contribution is -1.93. The van der Waals surface area contributed by atoms with Crippen molar-refractivity contribution in [3.8, 4) is 0 Å². The zero-order valence-corrected chi connectivity index (χ0v) is 51.9. The lowest BCUT2D eigenvalue weighted by Gasteiger charge is -2.05. The molecular formula is C72H144O2. The molecule has 0 saturated heterocycles. The molecule has 74 heavy (non-hydrogen) atoms. The van der Waals surface area contributed by atoms with Gasteiger partial charge in [-0.25, -0.2) is 0 Å². The van der Waals surface area contributed by atoms with Gasteiger partial charge in [0.25, 0.3) is 0 Å². The van der Waals surface area contributed by atoms with Gasteiger partial charge in [0, 0.05) is 6.42 Å². The van der Waals surface area contributed by atoms with Crippen molar-refractivity contribution in [2.75, 3.05) is 0 Å². The van der Waals surface area contributed by atoms with Crippen LogP contribution in [0.15, 0.2) is 0 Å². The van der Waals surface area contributed by atoms with Gasteiger partial charge in [-0.2, -0.15) is 0 Å². The van der Waals surface area contributed by atoms with Crippen LogP contribution < -0.4 is 0 Å². The molecule has 0 aliphatic rings. The summed E-state index contributed by atoms with van der Waals surface area (Å²) in [7, 11) is 0. The van der Waals surface area contributed by atoms with E-state index < -0.39 is 5.97 Å². The van der Waals surface area contributed by atoms with E-state index in [4.69, 9.17) is 5.11 Å². The molecule has 0 radical (unpaired) electrons. The predicted octanol–water partition coefficient (Wildman–Crippen LogP) is 27.4. The summed E-state index contributed by atoms with van der Waals surface area (Å²) >= 11 is 0. The first-order valence-corrected chi connectivity index (χ1v) is 36.0. The van der Waals surface area contributed by atoms with E-state index in [0.717, 1.165) is 12.8 Å². The van der Waals surface area contributed by atoms with E-state index in [1.54, 1.807) is 0 Å². The molecule has 0 spiro atoms. The standard InChI is InChI=1S/C72H144O2/c1-2-3-4-5-6-7-8-9-10-11-12-13-14-15-16-17-18-19-20-21-22-23-24-25-26-27-28-29-30-31-32-33-34-35-36-37-38-39-40-41-42-43-44-45-46-47-48-49-50-51-52-53-54-55-56-57-58-59-60-61-62-63-64-65-66-67-68-69-70-71-72(73)74/h2-71H2,1H3,(H,73,74). The summed E-state index contributed by atoms with van der Waals surface area (Å²) in [4.78, 5) is 10.5. The highest BCUT2D eigenvalue weighted by Gasteiger charge is 2.02. The minimum atomic E-state index is -0.645. The second-order valence-electron chi connectivity index (χ2n) is 25.2. The zero-order valence-electron chi connectivity index (χ0n) is 51.9. The molecule has 0 bridgehead atoms. The predicted molar refractivity (Wildman–Crippen MR) is 336 cm³/mol. The van der Waals surface area contributed by atoms with Gasteiger partial charge >= 0.3 is 5.97 Å². The van der Waals surface area contributed by atoms with E-state index in [0.29, 0.717) is 6.42 Å². The molecular weight excluding hydrogens is 897 g/mol. The number of aliphatic carboxylic acids is 1. The van der Waals surface area contributed by atoms with Crippen molar-refractivity contribution in [2.45, 2.75) is 456 Å². The van der Waals surface area contributed by atoms with E-state index >= 15 is 0 Å². The summed E-state index contributed by atoms with van der Waals surface area (Å²) in [5.41, 5.74) is 0. The number of carboxylic acids is 1. The first-order chi connectivity index (χ1) is 36.8. The Balaban J connectivity index is 3.08. The third-order valence-electron chi connectivity index (χ3n) is 17.5. The number of unbranched alkanes of at least 4 members (excludes halogenated alkanes) is 68. The van der Waals surface area contributed by atoms with Gasteiger partial charge in [0.2, 0.25) is 0 Å². The van der Waals surface area contributed by atoms with Crippen LogP contribution >= 0.6 is 0 Å². The molecule has 0 aromatic heterocycles. The molecule has 0 aliphatic heterocycles. The van der Waals surface area contributed by atoms with E-state index in [-0.39, 0.29) is 0 Å². The van der Waals surface area contributed by atoms with Gasteiger partial charge in [-0.15, -0.1) is 0 Å². The van der Waals surface area contributed by atoms with E-state index in [2.05, 4.69) is 6.92 Å². The lowest BCUT2D eigenvalue weighted by atomic mass is 10.0. The van der Waals surface area contributed by atoms with Gasteiger partial charge < -0.3 is 5.11 Å². The molecule has 2 nitrogen and oxygen atoms in total. The lowest BCUT2D eigenvalue weighted by molar-refractivity contribution is -0.137. The molecule has 0 amide bonds. The fourth-order valence-corrected chi connectivity index (χ4v) is 12.2. The van der Waals surface area contributed by atoms with Crippen molar-refractivity contribution >= 4 is 5.97 Å². The summed E-state index contributed by atoms with van der Waals surface area (Å²) in [5.74, 6) is -0.645. The Hall–Kier alpha value is -0.530. The Morgan fingerprint density at radius 2 is 0.243 bits per heavy atom. The van der Waals surface area contributed by atoms with Gasteiger partial charge in [-0.1, -0.05) is 444 Å². The highest BCUT2D eigenvalue weighted by molar-refractivity contribution is 5.66. The highest BCUT2D eigenvalue weighted by atomic mass is 16.4. The maximum atomic E-state index is 10.5. The van der Waals surface area contributed by atoms with Crippen LogP contribution in [0.3, 0.4) is 0 Å². The number of carboxylic acid groups (broad SMARTS) is 1. The number of carbonyl (C=O) groups is 1. The molecule has 0 aliphatic carbocycles. The number of rotatable bonds is 70. The molecule has 1 N–H and O–H groups in total. The van der Waals surface area contributed by atoms with Crippen LogP contribution in [0.1, 0.15) is 456 Å². The maximum Gasteiger partial charge on any atom is 0.303 e. The van der Waals surface area contributed by atoms with Gasteiger partial charge in [0.1, 0.15) is 0 Å². The first-order valence-electron chi connectivity index (χ1n) is 36.0. The second-order valence-corrected chi connectivity index (χ2v) is 25.2. The van der Waals surface area contributed by atoms with E-state index in [1.807, 2.05) is 0 Å². The summed E-state index contributed by atoms with van der Waals surface area (Å²) < 4.78 is 0. The topological polar surface area (TPSA) is 37.3 Å². The average molecular weight is 1040 g/mol. The van der Waals surface area contributed by atoms with Gasteiger partial charge in [0.15, 0.2) is 0 Å². The van der Waals surface area contributed by atoms with Crippen LogP contribution in [0.2, 0.25) is 0 Å². The van der Waals surface area contributed by atoms with E-state index in [1.165, 1.54) is 430 Å². The summed E-state index contributed by atoms with van der Waals surface area (Å²) in [6, 6.07) is 0. The van der Waals surface area contributed by atoms with Crippen LogP contribution in [0.5, 0.6) is 0 Å². The van der Waals surface area contributed by atoms with Crippen molar-refractivity contribution in [3.05, 3.63) is 0 Å². The fraction of sp³-hybridized carbons (Fsp3) is 0.986. The van der Waals surface area contributed by atoms with Gasteiger partial charge in [0.05, 0.1) is 0 Å². The van der Waals surface area contributed by atoms with Crippen LogP contribution in [-0.4, -0.2) is 11.1 Å². The number of hydrogen-bond acceptors (Lipinski definition) is 1. The van der Waals surface area contributed by atoms with Crippen molar-refractivity contribution < 1.29 is 9.90 Å². The SMILES string of the molecule is CCCCCCCCCCCCCCCCCCCCCCCCCCCCCCCCCCCCCCCCCCCCCCCCCCCCCCCCCCCCCCCCCCCCCCCC(=O)O. The first kappa shape index (κ1) is 73.5. The minimum Gasteiger partial charge on any atom is -0.481 e. The monoisotopic (exact) mass is 1040 g/mol. The summed E-state index contributed by atoms with van der Waals surface area (Å²) in [5, 5.41) is 8.69. The Morgan fingerprint density at radius 3 is 0.324 bits per heavy atom. The van der Waals surface area contributed by atoms with Crippen LogP contribution in [0, 0.1) is 0 Å². The Bertz CT molecular complexity index is 959. The van der Waals surface area contributed by atoms with Crippen molar-refractivity contribution in [2.24, 2.45) is 0 Å². The Labute approximate surface area is 470 Å². The van der Waals surface area contributed by atoms with Crippen LogP contribution in [0.4, 0.5) is 0 Å². The zero-order chi connectivity index (χ0) is 53.1. The molecule has 0 unspecified atom stereocenters. The normalized spacial score (nSPS) is 11.7. The Kier molecular flexibility index (Phi) is 70.0. The number of hydrogen-bond donors (Lipinski definition) is 1. The molecule has 0 rings (SSSR count). The molecule has 0 aromatic carbocycles. The smallest absolute Gasteiger partial charge is 0.303 e. The van der Waals surface area contributed by atoms with Crippen molar-refractivity contribution in [1.29, 1.82) is 0 Å². The molecule has 0 atom stereocenters. The van der Waals surface area contributed by atoms with Crippen LogP contribution in [0.25, 0.3) is 0 Å². The average Bonchev–Trinajstić information content (AvgIpc) is 3.40. The third kappa shape index (κ3) is 71.5. The molecule has 0 aromatic rings. The maximum absolute atomic E-state index is 10.5. The molecule has 0 saturated carbocycles. The molecule has 0 fully saturated rings. The third-order valence-corrected chi connectivity index (χ3v) is 17.5. The Morgan fingerprint density at radius 1 is 0.162 bits per heavy atom. The van der Waals surface area contributed by atoms with Crippen molar-refractivity contribution in [3.63, 3.8) is 0 Å². The largest absolute Gasteiger partial charge is 0.481 e. The molecule has 0 heterocycles. The highest BCUT2D eigenvalue weighted by Crippen LogP contribution is 2.21. The van der Waals surface area contributed by atoms with Gasteiger partial charge in [-0.3, -0.25) is 4.79 Å². The second kappa shape index (κ2) is 70.5. The van der Waals surface area contributed by atoms with Crippen LogP contribution in [-0.2, 0) is 4.79 Å². The quantitative estimate of drug-likeness (QED) is 0.0617. The van der Waals surface area contributed by atoms with Crippen molar-refractivity contribution in [1.82, 2.24) is 0 Å². The minimum absolute atomic E-state index is 0.347. The van der Waals surface area contributed by atoms with E-state index in [9.17, 15) is 4.79 Å². The molecule has 2 heteroatoms. The summed E-state index contributed by atoms with van der Waals surface area (Å²) in [6.07, 6.45) is 101. The van der Waals surface area contributed by atoms with Gasteiger partial charge in [-0.05, 0) is 6.42 Å².